The molecule has 0 heterocycles. The minimum absolute atomic E-state index is 0.165. The van der Waals surface area contributed by atoms with Gasteiger partial charge >= 0.3 is 0 Å². The lowest BCUT2D eigenvalue weighted by Crippen LogP contribution is -2.51. The maximum absolute atomic E-state index is 9.53. The smallest absolute Gasteiger partial charge is 0.0988 e. The monoisotopic (exact) mass is 415 g/mol. The van der Waals surface area contributed by atoms with Crippen LogP contribution < -0.4 is 0 Å². The molecule has 3 aliphatic carbocycles. The van der Waals surface area contributed by atoms with Gasteiger partial charge in [0.1, 0.15) is 0 Å². The summed E-state index contributed by atoms with van der Waals surface area (Å²) in [6.45, 7) is 22.3. The molecule has 0 saturated heterocycles. The highest BCUT2D eigenvalue weighted by Gasteiger charge is 2.56. The molecule has 3 atom stereocenters. The van der Waals surface area contributed by atoms with Gasteiger partial charge in [-0.15, -0.1) is 0 Å². The zero-order chi connectivity index (χ0) is 23.0. The predicted octanol–water partition coefficient (Wildman–Crippen LogP) is 8.65. The molecule has 2 bridgehead atoms. The van der Waals surface area contributed by atoms with Crippen LogP contribution in [-0.2, 0) is 5.41 Å². The van der Waals surface area contributed by atoms with E-state index < -0.39 is 0 Å². The molecule has 1 heteroatoms. The summed E-state index contributed by atoms with van der Waals surface area (Å²) in [4.78, 5) is 0. The summed E-state index contributed by atoms with van der Waals surface area (Å²) < 4.78 is 0. The molecule has 0 radical (unpaired) electrons. The minimum atomic E-state index is 0.165. The van der Waals surface area contributed by atoms with Gasteiger partial charge in [-0.2, -0.15) is 5.26 Å². The Labute approximate surface area is 191 Å². The first-order valence-corrected chi connectivity index (χ1v) is 12.2. The quantitative estimate of drug-likeness (QED) is 0.292. The van der Waals surface area contributed by atoms with E-state index in [1.165, 1.54) is 59.9 Å². The Morgan fingerprint density at radius 2 is 1.97 bits per heavy atom. The third-order valence-corrected chi connectivity index (χ3v) is 8.40. The van der Waals surface area contributed by atoms with Gasteiger partial charge in [0.15, 0.2) is 0 Å². The van der Waals surface area contributed by atoms with E-state index in [-0.39, 0.29) is 10.8 Å². The molecular weight excluding hydrogens is 374 g/mol. The van der Waals surface area contributed by atoms with Crippen LogP contribution in [0.5, 0.6) is 0 Å². The van der Waals surface area contributed by atoms with Gasteiger partial charge < -0.3 is 0 Å². The van der Waals surface area contributed by atoms with Crippen molar-refractivity contribution in [2.45, 2.75) is 91.4 Å². The van der Waals surface area contributed by atoms with Crippen LogP contribution >= 0.6 is 0 Å². The summed E-state index contributed by atoms with van der Waals surface area (Å²) in [5.41, 5.74) is 7.64. The van der Waals surface area contributed by atoms with Crippen molar-refractivity contribution in [3.05, 3.63) is 64.8 Å². The summed E-state index contributed by atoms with van der Waals surface area (Å²) in [6, 6.07) is 7.13. The lowest BCUT2D eigenvalue weighted by molar-refractivity contribution is -0.0173. The van der Waals surface area contributed by atoms with Gasteiger partial charge in [0.05, 0.1) is 6.07 Å². The van der Waals surface area contributed by atoms with Crippen LogP contribution in [0, 0.1) is 35.5 Å². The molecule has 1 aromatic rings. The molecule has 0 aromatic heterocycles. The van der Waals surface area contributed by atoms with Crippen LogP contribution in [0.15, 0.2) is 42.5 Å². The van der Waals surface area contributed by atoms with Gasteiger partial charge in [-0.3, -0.25) is 0 Å². The highest BCUT2D eigenvalue weighted by molar-refractivity contribution is 5.61. The Kier molecular flexibility index (Phi) is 6.71. The fourth-order valence-corrected chi connectivity index (χ4v) is 6.16. The number of hydrogen-bond acceptors (Lipinski definition) is 1. The molecule has 0 amide bonds. The first-order chi connectivity index (χ1) is 14.6. The van der Waals surface area contributed by atoms with E-state index in [1.807, 2.05) is 6.08 Å². The number of aryl methyl sites for hydroxylation is 1. The Morgan fingerprint density at radius 3 is 2.55 bits per heavy atom. The Bertz CT molecular complexity index is 934. The number of rotatable bonds is 9. The molecule has 4 rings (SSSR count). The van der Waals surface area contributed by atoms with E-state index in [1.54, 1.807) is 0 Å². The molecule has 1 fully saturated rings. The Hall–Kier alpha value is -2.07. The van der Waals surface area contributed by atoms with Crippen molar-refractivity contribution in [1.82, 2.24) is 0 Å². The van der Waals surface area contributed by atoms with E-state index in [2.05, 4.69) is 79.0 Å². The zero-order valence-corrected chi connectivity index (χ0v) is 20.6. The fraction of sp³-hybridized carbons (Fsp3) is 0.567. The van der Waals surface area contributed by atoms with E-state index in [0.717, 1.165) is 6.42 Å². The van der Waals surface area contributed by atoms with Crippen molar-refractivity contribution in [2.24, 2.45) is 17.3 Å². The molecule has 0 N–H and O–H groups in total. The fourth-order valence-electron chi connectivity index (χ4n) is 6.16. The first-order valence-electron chi connectivity index (χ1n) is 12.2. The molecule has 0 aliphatic heterocycles. The van der Waals surface area contributed by atoms with Gasteiger partial charge in [-0.1, -0.05) is 97.7 Å². The van der Waals surface area contributed by atoms with Crippen LogP contribution in [0.2, 0.25) is 0 Å². The van der Waals surface area contributed by atoms with E-state index in [4.69, 9.17) is 0 Å². The highest BCUT2D eigenvalue weighted by atomic mass is 14.6. The molecule has 3 aliphatic rings. The summed E-state index contributed by atoms with van der Waals surface area (Å²) in [5.74, 6) is 1.41. The average Bonchev–Trinajstić information content (AvgIpc) is 2.74. The summed E-state index contributed by atoms with van der Waals surface area (Å²) in [5, 5.41) is 9.53. The second kappa shape index (κ2) is 8.82. The van der Waals surface area contributed by atoms with Crippen molar-refractivity contribution >= 4 is 6.08 Å². The largest absolute Gasteiger partial charge is 0.192 e. The summed E-state index contributed by atoms with van der Waals surface area (Å²) >= 11 is 0. The first kappa shape index (κ1) is 23.6. The maximum atomic E-state index is 9.53. The third-order valence-electron chi connectivity index (χ3n) is 8.40. The van der Waals surface area contributed by atoms with Crippen molar-refractivity contribution in [3.8, 4) is 6.07 Å². The molecule has 1 saturated carbocycles. The number of hydrogen-bond donors (Lipinski definition) is 0. The number of benzene rings is 1. The molecule has 1 nitrogen and oxygen atoms in total. The second-order valence-electron chi connectivity index (χ2n) is 11.1. The highest BCUT2D eigenvalue weighted by Crippen LogP contribution is 2.65. The van der Waals surface area contributed by atoms with Crippen molar-refractivity contribution in [2.75, 3.05) is 0 Å². The lowest BCUT2D eigenvalue weighted by Gasteiger charge is -2.59. The number of allylic oxidation sites excluding steroid dienone is 3. The Balaban J connectivity index is 2.00. The topological polar surface area (TPSA) is 23.8 Å². The van der Waals surface area contributed by atoms with Crippen LogP contribution in [0.3, 0.4) is 0 Å². The van der Waals surface area contributed by atoms with Gasteiger partial charge in [0.25, 0.3) is 0 Å². The van der Waals surface area contributed by atoms with E-state index >= 15 is 0 Å². The zero-order valence-electron chi connectivity index (χ0n) is 20.6. The van der Waals surface area contributed by atoms with Gasteiger partial charge in [-0.25, -0.2) is 0 Å². The minimum Gasteiger partial charge on any atom is -0.192 e. The number of fused-ring (bicyclic) bond motifs is 1. The van der Waals surface area contributed by atoms with Gasteiger partial charge in [0, 0.05) is 11.5 Å². The van der Waals surface area contributed by atoms with Crippen molar-refractivity contribution < 1.29 is 0 Å². The molecule has 1 aromatic carbocycles. The molecule has 166 valence electrons. The lowest BCUT2D eigenvalue weighted by atomic mass is 9.44. The number of nitrogens with zero attached hydrogens (tertiary/aromatic N) is 1. The standard InChI is InChI=1S/C30H41N/c1-9-11-12-13-14-29(5,6)23-15-20(3)28(22(10-2)16-23)25-17-24(21(4)19-31)26-18-27(25)30(26,7)8/h10,15-17,25-27H,2,4,9,11-14,18H2,1,3,5-8H3/t25-,26?,27?/m0/s1. The molecule has 0 spiro atoms. The van der Waals surface area contributed by atoms with E-state index in [9.17, 15) is 5.26 Å². The molecule has 31 heavy (non-hydrogen) atoms. The van der Waals surface area contributed by atoms with Crippen molar-refractivity contribution in [1.29, 1.82) is 5.26 Å². The number of nitriles is 1. The summed E-state index contributed by atoms with van der Waals surface area (Å²) in [6.07, 6.45) is 12.0. The van der Waals surface area contributed by atoms with Crippen LogP contribution in [0.25, 0.3) is 6.08 Å². The second-order valence-corrected chi connectivity index (χ2v) is 11.1. The normalized spacial score (nSPS) is 24.0. The van der Waals surface area contributed by atoms with E-state index in [0.29, 0.717) is 23.3 Å². The summed E-state index contributed by atoms with van der Waals surface area (Å²) in [7, 11) is 0. The average molecular weight is 416 g/mol. The van der Waals surface area contributed by atoms with Crippen molar-refractivity contribution in [3.63, 3.8) is 0 Å². The SMILES string of the molecule is C=Cc1cc(C(C)(C)CCCCCC)cc(C)c1[C@H]1C=C(C(=C)C#N)C2CC1C2(C)C. The Morgan fingerprint density at radius 1 is 1.26 bits per heavy atom. The van der Waals surface area contributed by atoms with Crippen LogP contribution in [-0.4, -0.2) is 0 Å². The predicted molar refractivity (Wildman–Crippen MR) is 134 cm³/mol. The van der Waals surface area contributed by atoms with Crippen LogP contribution in [0.1, 0.15) is 101 Å². The third kappa shape index (κ3) is 4.19. The number of unbranched alkanes of at least 4 members (excludes halogenated alkanes) is 3. The van der Waals surface area contributed by atoms with Crippen LogP contribution in [0.4, 0.5) is 0 Å². The van der Waals surface area contributed by atoms with Gasteiger partial charge in [0.2, 0.25) is 0 Å². The molecular formula is C30H41N. The van der Waals surface area contributed by atoms with Gasteiger partial charge in [-0.05, 0) is 70.3 Å². The maximum Gasteiger partial charge on any atom is 0.0988 e. The molecule has 2 unspecified atom stereocenters.